The van der Waals surface area contributed by atoms with Gasteiger partial charge in [-0.1, -0.05) is 7.43 Å². The van der Waals surface area contributed by atoms with E-state index < -0.39 is 12.6 Å². The van der Waals surface area contributed by atoms with Gasteiger partial charge in [0.25, 0.3) is 0 Å². The molecule has 1 saturated heterocycles. The van der Waals surface area contributed by atoms with Crippen molar-refractivity contribution < 1.29 is 13.2 Å². The first kappa shape index (κ1) is 13.7. The van der Waals surface area contributed by atoms with Crippen molar-refractivity contribution in [3.8, 4) is 0 Å². The van der Waals surface area contributed by atoms with Gasteiger partial charge in [0.05, 0.1) is 6.42 Å². The standard InChI is InChI=1S/C8H15F3N2.CH4/c1-13(5-3-8(9,10)11)7-2-4-12-6-7;/h7,12H,2-6H2,1H3;1H4/t7-;/m0./s1. The zero-order chi connectivity index (χ0) is 9.90. The number of hydrogen-bond donors (Lipinski definition) is 1. The summed E-state index contributed by atoms with van der Waals surface area (Å²) in [5.74, 6) is 0. The second-order valence-electron chi connectivity index (χ2n) is 3.49. The van der Waals surface area contributed by atoms with E-state index in [9.17, 15) is 13.2 Å². The molecule has 0 spiro atoms. The Bertz CT molecular complexity index is 153. The Morgan fingerprint density at radius 1 is 1.43 bits per heavy atom. The maximum absolute atomic E-state index is 11.9. The largest absolute Gasteiger partial charge is 0.390 e. The number of rotatable bonds is 3. The molecule has 5 heteroatoms. The van der Waals surface area contributed by atoms with Crippen LogP contribution < -0.4 is 5.32 Å². The highest BCUT2D eigenvalue weighted by Gasteiger charge is 2.29. The average molecular weight is 212 g/mol. The molecule has 86 valence electrons. The smallest absolute Gasteiger partial charge is 0.315 e. The van der Waals surface area contributed by atoms with Gasteiger partial charge in [0, 0.05) is 19.1 Å². The Labute approximate surface area is 83.5 Å². The van der Waals surface area contributed by atoms with Gasteiger partial charge in [-0.15, -0.1) is 0 Å². The van der Waals surface area contributed by atoms with Crippen molar-refractivity contribution in [1.82, 2.24) is 10.2 Å². The summed E-state index contributed by atoms with van der Waals surface area (Å²) < 4.78 is 35.6. The van der Waals surface area contributed by atoms with Crippen LogP contribution in [-0.2, 0) is 0 Å². The molecular formula is C9H19F3N2. The molecule has 1 aliphatic rings. The normalized spacial score (nSPS) is 22.5. The van der Waals surface area contributed by atoms with Crippen LogP contribution in [0.25, 0.3) is 0 Å². The second-order valence-corrected chi connectivity index (χ2v) is 3.49. The van der Waals surface area contributed by atoms with Gasteiger partial charge in [0.2, 0.25) is 0 Å². The third-order valence-corrected chi connectivity index (χ3v) is 2.41. The number of halogens is 3. The molecule has 1 fully saturated rings. The van der Waals surface area contributed by atoms with Crippen LogP contribution in [0.3, 0.4) is 0 Å². The summed E-state index contributed by atoms with van der Waals surface area (Å²) in [6, 6.07) is 0.280. The molecule has 0 aromatic carbocycles. The molecule has 14 heavy (non-hydrogen) atoms. The van der Waals surface area contributed by atoms with Gasteiger partial charge in [-0.25, -0.2) is 0 Å². The Kier molecular flexibility index (Phi) is 5.44. The highest BCUT2D eigenvalue weighted by Crippen LogP contribution is 2.20. The molecule has 1 rings (SSSR count). The van der Waals surface area contributed by atoms with Crippen molar-refractivity contribution in [2.24, 2.45) is 0 Å². The van der Waals surface area contributed by atoms with Gasteiger partial charge in [-0.05, 0) is 20.0 Å². The first-order chi connectivity index (χ1) is 5.99. The SMILES string of the molecule is C.CN(CCC(F)(F)F)[C@H]1CCNC1. The quantitative estimate of drug-likeness (QED) is 0.768. The van der Waals surface area contributed by atoms with Gasteiger partial charge >= 0.3 is 6.18 Å². The van der Waals surface area contributed by atoms with Gasteiger partial charge in [-0.2, -0.15) is 13.2 Å². The van der Waals surface area contributed by atoms with E-state index in [1.165, 1.54) is 0 Å². The Hall–Kier alpha value is -0.290. The number of hydrogen-bond acceptors (Lipinski definition) is 2. The van der Waals surface area contributed by atoms with Crippen molar-refractivity contribution in [2.45, 2.75) is 32.5 Å². The maximum atomic E-state index is 11.9. The Morgan fingerprint density at radius 3 is 2.50 bits per heavy atom. The van der Waals surface area contributed by atoms with E-state index in [1.54, 1.807) is 11.9 Å². The van der Waals surface area contributed by atoms with Crippen molar-refractivity contribution >= 4 is 0 Å². The molecule has 0 unspecified atom stereocenters. The topological polar surface area (TPSA) is 15.3 Å². The second kappa shape index (κ2) is 5.56. The van der Waals surface area contributed by atoms with E-state index in [0.717, 1.165) is 19.5 Å². The van der Waals surface area contributed by atoms with E-state index >= 15 is 0 Å². The van der Waals surface area contributed by atoms with Crippen molar-refractivity contribution in [1.29, 1.82) is 0 Å². The number of alkyl halides is 3. The average Bonchev–Trinajstić information content (AvgIpc) is 2.50. The van der Waals surface area contributed by atoms with Crippen LogP contribution in [0.15, 0.2) is 0 Å². The summed E-state index contributed by atoms with van der Waals surface area (Å²) in [7, 11) is 1.75. The molecule has 2 nitrogen and oxygen atoms in total. The lowest BCUT2D eigenvalue weighted by Crippen LogP contribution is -2.35. The van der Waals surface area contributed by atoms with Gasteiger partial charge in [0.15, 0.2) is 0 Å². The molecule has 1 atom stereocenters. The maximum Gasteiger partial charge on any atom is 0.390 e. The minimum absolute atomic E-state index is 0. The summed E-state index contributed by atoms with van der Waals surface area (Å²) in [6.45, 7) is 1.84. The molecule has 0 bridgehead atoms. The van der Waals surface area contributed by atoms with E-state index in [4.69, 9.17) is 0 Å². The summed E-state index contributed by atoms with van der Waals surface area (Å²) >= 11 is 0. The molecule has 0 aliphatic carbocycles. The minimum atomic E-state index is -4.03. The number of nitrogens with zero attached hydrogens (tertiary/aromatic N) is 1. The molecule has 1 heterocycles. The first-order valence-electron chi connectivity index (χ1n) is 4.47. The summed E-state index contributed by atoms with van der Waals surface area (Å²) in [5.41, 5.74) is 0. The van der Waals surface area contributed by atoms with Crippen LogP contribution in [0.1, 0.15) is 20.3 Å². The summed E-state index contributed by atoms with van der Waals surface area (Å²) in [6.07, 6.45) is -3.78. The molecule has 0 aromatic heterocycles. The predicted molar refractivity (Wildman–Crippen MR) is 51.3 cm³/mol. The summed E-state index contributed by atoms with van der Waals surface area (Å²) in [5, 5.41) is 3.13. The van der Waals surface area contributed by atoms with Crippen molar-refractivity contribution in [3.05, 3.63) is 0 Å². The van der Waals surface area contributed by atoms with Crippen LogP contribution in [0, 0.1) is 0 Å². The van der Waals surface area contributed by atoms with Crippen LogP contribution in [-0.4, -0.2) is 43.8 Å². The molecule has 0 saturated carbocycles. The molecule has 0 aromatic rings. The molecular weight excluding hydrogens is 193 g/mol. The van der Waals surface area contributed by atoms with E-state index in [-0.39, 0.29) is 20.0 Å². The van der Waals surface area contributed by atoms with Crippen LogP contribution in [0.5, 0.6) is 0 Å². The van der Waals surface area contributed by atoms with Gasteiger partial charge in [-0.3, -0.25) is 0 Å². The lowest BCUT2D eigenvalue weighted by atomic mass is 10.2. The third-order valence-electron chi connectivity index (χ3n) is 2.41. The van der Waals surface area contributed by atoms with Crippen molar-refractivity contribution in [3.63, 3.8) is 0 Å². The van der Waals surface area contributed by atoms with Crippen LogP contribution >= 0.6 is 0 Å². The van der Waals surface area contributed by atoms with Crippen LogP contribution in [0.2, 0.25) is 0 Å². The third kappa shape index (κ3) is 4.81. The lowest BCUT2D eigenvalue weighted by Gasteiger charge is -2.23. The van der Waals surface area contributed by atoms with E-state index in [2.05, 4.69) is 5.32 Å². The first-order valence-corrected chi connectivity index (χ1v) is 4.47. The number of likely N-dealkylation sites (N-methyl/N-ethyl adjacent to an activating group) is 1. The zero-order valence-electron chi connectivity index (χ0n) is 7.69. The van der Waals surface area contributed by atoms with Crippen LogP contribution in [0.4, 0.5) is 13.2 Å². The molecule has 0 amide bonds. The monoisotopic (exact) mass is 212 g/mol. The fourth-order valence-corrected chi connectivity index (χ4v) is 1.50. The lowest BCUT2D eigenvalue weighted by molar-refractivity contribution is -0.138. The number of nitrogens with one attached hydrogen (secondary N) is 1. The van der Waals surface area contributed by atoms with Gasteiger partial charge in [0.1, 0.15) is 0 Å². The molecule has 0 radical (unpaired) electrons. The minimum Gasteiger partial charge on any atom is -0.315 e. The van der Waals surface area contributed by atoms with Gasteiger partial charge < -0.3 is 10.2 Å². The van der Waals surface area contributed by atoms with E-state index in [0.29, 0.717) is 0 Å². The fourth-order valence-electron chi connectivity index (χ4n) is 1.50. The Morgan fingerprint density at radius 2 is 2.07 bits per heavy atom. The Balaban J connectivity index is 0.00000169. The molecule has 1 aliphatic heterocycles. The highest BCUT2D eigenvalue weighted by molar-refractivity contribution is 4.78. The van der Waals surface area contributed by atoms with E-state index in [1.807, 2.05) is 0 Å². The fraction of sp³-hybridized carbons (Fsp3) is 1.00. The molecule has 1 N–H and O–H groups in total. The van der Waals surface area contributed by atoms with Crippen molar-refractivity contribution in [2.75, 3.05) is 26.7 Å². The summed E-state index contributed by atoms with van der Waals surface area (Å²) in [4.78, 5) is 1.79. The predicted octanol–water partition coefficient (Wildman–Crippen LogP) is 1.87. The zero-order valence-corrected chi connectivity index (χ0v) is 7.69. The highest BCUT2D eigenvalue weighted by atomic mass is 19.4.